The molecular weight excluding hydrogens is 575 g/mol. The topological polar surface area (TPSA) is 185 Å². The standard InChI is InChI=1S/C24H29ClN4O8S.ClH/c1-3-37-24(34)19(12-9-16-7-5-4-6-8-16)27-15(2)23(33)29(14-21(30)31)28-22(32)17-10-11-18(25)20(13-17)38(26,35)36;/h4-8,10-11,13,15,19,27H,3,9,12,14H2,1-2H3,(H,28,32)(H,30,31)(H2,26,35,36);1H/t15-,19-;/m0./s1. The van der Waals surface area contributed by atoms with Gasteiger partial charge in [0.15, 0.2) is 0 Å². The highest BCUT2D eigenvalue weighted by Crippen LogP contribution is 2.21. The van der Waals surface area contributed by atoms with Crippen molar-refractivity contribution in [2.45, 2.75) is 43.7 Å². The number of aliphatic carboxylic acids is 1. The number of nitrogens with zero attached hydrogens (tertiary/aromatic N) is 1. The number of amides is 2. The largest absolute Gasteiger partial charge is 0.480 e. The molecule has 0 saturated heterocycles. The molecule has 0 aliphatic carbocycles. The maximum Gasteiger partial charge on any atom is 0.325 e. The molecule has 214 valence electrons. The molecule has 0 saturated carbocycles. The first-order chi connectivity index (χ1) is 17.8. The average molecular weight is 605 g/mol. The number of carboxylic acid groups (broad SMARTS) is 1. The number of hydrogen-bond donors (Lipinski definition) is 4. The number of esters is 1. The molecule has 2 amide bonds. The van der Waals surface area contributed by atoms with Gasteiger partial charge in [0.25, 0.3) is 11.8 Å². The number of hydrazine groups is 1. The molecule has 2 rings (SSSR count). The van der Waals surface area contributed by atoms with E-state index in [0.717, 1.165) is 17.7 Å². The summed E-state index contributed by atoms with van der Waals surface area (Å²) in [4.78, 5) is 49.3. The summed E-state index contributed by atoms with van der Waals surface area (Å²) < 4.78 is 28.5. The predicted octanol–water partition coefficient (Wildman–Crippen LogP) is 1.51. The Morgan fingerprint density at radius 3 is 2.33 bits per heavy atom. The fraction of sp³-hybridized carbons (Fsp3) is 0.333. The molecule has 0 fully saturated rings. The minimum absolute atomic E-state index is 0. The van der Waals surface area contributed by atoms with Crippen LogP contribution in [0.5, 0.6) is 0 Å². The van der Waals surface area contributed by atoms with Crippen LogP contribution in [0.1, 0.15) is 36.2 Å². The zero-order valence-electron chi connectivity index (χ0n) is 21.1. The predicted molar refractivity (Wildman–Crippen MR) is 145 cm³/mol. The highest BCUT2D eigenvalue weighted by Gasteiger charge is 2.29. The summed E-state index contributed by atoms with van der Waals surface area (Å²) >= 11 is 5.83. The van der Waals surface area contributed by atoms with Crippen molar-refractivity contribution in [1.29, 1.82) is 0 Å². The Bertz CT molecular complexity index is 1280. The maximum absolute atomic E-state index is 13.1. The van der Waals surface area contributed by atoms with Crippen molar-refractivity contribution >= 4 is 57.8 Å². The zero-order valence-corrected chi connectivity index (χ0v) is 23.5. The molecule has 0 aromatic heterocycles. The zero-order chi connectivity index (χ0) is 28.5. The van der Waals surface area contributed by atoms with Gasteiger partial charge in [0.1, 0.15) is 17.5 Å². The van der Waals surface area contributed by atoms with Crippen LogP contribution >= 0.6 is 24.0 Å². The highest BCUT2D eigenvalue weighted by molar-refractivity contribution is 7.89. The molecule has 5 N–H and O–H groups in total. The van der Waals surface area contributed by atoms with E-state index in [1.165, 1.54) is 13.0 Å². The lowest BCUT2D eigenvalue weighted by Gasteiger charge is -2.27. The smallest absolute Gasteiger partial charge is 0.325 e. The number of aryl methyl sites for hydroxylation is 1. The first kappa shape index (κ1) is 33.8. The van der Waals surface area contributed by atoms with Gasteiger partial charge in [0, 0.05) is 5.56 Å². The van der Waals surface area contributed by atoms with E-state index in [1.54, 1.807) is 6.92 Å². The molecule has 0 bridgehead atoms. The summed E-state index contributed by atoms with van der Waals surface area (Å²) in [6.45, 7) is 2.25. The van der Waals surface area contributed by atoms with Crippen LogP contribution in [0.2, 0.25) is 5.02 Å². The molecule has 2 aromatic carbocycles. The van der Waals surface area contributed by atoms with Gasteiger partial charge >= 0.3 is 11.9 Å². The van der Waals surface area contributed by atoms with E-state index in [-0.39, 0.29) is 36.0 Å². The normalized spacial score (nSPS) is 12.4. The molecule has 0 unspecified atom stereocenters. The van der Waals surface area contributed by atoms with E-state index in [4.69, 9.17) is 21.5 Å². The van der Waals surface area contributed by atoms with Crippen molar-refractivity contribution in [3.63, 3.8) is 0 Å². The third kappa shape index (κ3) is 10.5. The van der Waals surface area contributed by atoms with Crippen LogP contribution in [0, 0.1) is 0 Å². The minimum atomic E-state index is -4.26. The molecule has 12 nitrogen and oxygen atoms in total. The molecule has 39 heavy (non-hydrogen) atoms. The maximum atomic E-state index is 13.1. The lowest BCUT2D eigenvalue weighted by molar-refractivity contribution is -0.149. The first-order valence-electron chi connectivity index (χ1n) is 11.5. The van der Waals surface area contributed by atoms with E-state index in [1.807, 2.05) is 30.3 Å². The van der Waals surface area contributed by atoms with Crippen molar-refractivity contribution in [2.24, 2.45) is 5.14 Å². The third-order valence-corrected chi connectivity index (χ3v) is 6.65. The van der Waals surface area contributed by atoms with Gasteiger partial charge in [0.05, 0.1) is 17.7 Å². The van der Waals surface area contributed by atoms with Gasteiger partial charge < -0.3 is 9.84 Å². The second-order valence-corrected chi connectivity index (χ2v) is 10.1. The van der Waals surface area contributed by atoms with Gasteiger partial charge in [-0.1, -0.05) is 41.9 Å². The summed E-state index contributed by atoms with van der Waals surface area (Å²) in [5.74, 6) is -3.87. The van der Waals surface area contributed by atoms with Gasteiger partial charge in [0.2, 0.25) is 10.0 Å². The molecular formula is C24H30Cl2N4O8S. The van der Waals surface area contributed by atoms with Crippen LogP contribution in [0.25, 0.3) is 0 Å². The molecule has 2 atom stereocenters. The monoisotopic (exact) mass is 604 g/mol. The van der Waals surface area contributed by atoms with E-state index in [0.29, 0.717) is 11.4 Å². The lowest BCUT2D eigenvalue weighted by atomic mass is 10.0. The summed E-state index contributed by atoms with van der Waals surface area (Å²) in [7, 11) is -4.26. The van der Waals surface area contributed by atoms with Crippen LogP contribution in [0.3, 0.4) is 0 Å². The Labute approximate surface area is 237 Å². The lowest BCUT2D eigenvalue weighted by Crippen LogP contribution is -2.57. The second kappa shape index (κ2) is 15.4. The number of halogens is 2. The van der Waals surface area contributed by atoms with E-state index >= 15 is 0 Å². The minimum Gasteiger partial charge on any atom is -0.480 e. The first-order valence-corrected chi connectivity index (χ1v) is 13.4. The number of nitrogens with two attached hydrogens (primary N) is 1. The van der Waals surface area contributed by atoms with Crippen molar-refractivity contribution < 1.29 is 37.4 Å². The van der Waals surface area contributed by atoms with E-state index in [2.05, 4.69) is 10.7 Å². The number of rotatable bonds is 12. The summed E-state index contributed by atoms with van der Waals surface area (Å²) in [5.41, 5.74) is 2.88. The molecule has 0 spiro atoms. The number of carbonyl (C=O) groups is 4. The average Bonchev–Trinajstić information content (AvgIpc) is 2.85. The fourth-order valence-electron chi connectivity index (χ4n) is 3.43. The molecule has 0 aliphatic rings. The fourth-order valence-corrected chi connectivity index (χ4v) is 4.50. The summed E-state index contributed by atoms with van der Waals surface area (Å²) in [5, 5.41) is 17.6. The quantitative estimate of drug-likeness (QED) is 0.206. The van der Waals surface area contributed by atoms with Crippen LogP contribution in [0.4, 0.5) is 0 Å². The Morgan fingerprint density at radius 2 is 1.77 bits per heavy atom. The third-order valence-electron chi connectivity index (χ3n) is 5.25. The van der Waals surface area contributed by atoms with Crippen molar-refractivity contribution in [3.8, 4) is 0 Å². The van der Waals surface area contributed by atoms with E-state index in [9.17, 15) is 32.7 Å². The van der Waals surface area contributed by atoms with Crippen molar-refractivity contribution in [1.82, 2.24) is 15.8 Å². The van der Waals surface area contributed by atoms with Gasteiger partial charge in [-0.05, 0) is 50.5 Å². The molecule has 0 heterocycles. The van der Waals surface area contributed by atoms with Gasteiger partial charge in [-0.2, -0.15) is 0 Å². The number of nitrogens with one attached hydrogen (secondary N) is 2. The molecule has 0 radical (unpaired) electrons. The molecule has 0 aliphatic heterocycles. The number of primary sulfonamides is 1. The number of sulfonamides is 1. The van der Waals surface area contributed by atoms with Crippen LogP contribution in [-0.4, -0.2) is 67.5 Å². The number of hydrogen-bond acceptors (Lipinski definition) is 8. The van der Waals surface area contributed by atoms with Gasteiger partial charge in [-0.25, -0.2) is 18.6 Å². The van der Waals surface area contributed by atoms with Crippen molar-refractivity contribution in [2.75, 3.05) is 13.2 Å². The second-order valence-electron chi connectivity index (χ2n) is 8.17. The Kier molecular flexibility index (Phi) is 13.3. The number of carboxylic acids is 1. The number of carbonyl (C=O) groups excluding carboxylic acids is 3. The van der Waals surface area contributed by atoms with Gasteiger partial charge in [-0.15, -0.1) is 12.4 Å². The SMILES string of the molecule is CCOC(=O)[C@H](CCc1ccccc1)N[C@@H](C)C(=O)N(CC(=O)O)NC(=O)c1ccc(Cl)c(S(N)(=O)=O)c1.Cl. The summed E-state index contributed by atoms with van der Waals surface area (Å²) in [6.07, 6.45) is 0.781. The summed E-state index contributed by atoms with van der Waals surface area (Å²) in [6, 6.07) is 10.5. The Hall–Kier alpha value is -3.23. The Morgan fingerprint density at radius 1 is 1.13 bits per heavy atom. The van der Waals surface area contributed by atoms with E-state index < -0.39 is 57.3 Å². The number of benzene rings is 2. The number of ether oxygens (including phenoxy) is 1. The van der Waals surface area contributed by atoms with Gasteiger partial charge in [-0.3, -0.25) is 29.9 Å². The van der Waals surface area contributed by atoms with Crippen molar-refractivity contribution in [3.05, 3.63) is 64.7 Å². The van der Waals surface area contributed by atoms with Crippen LogP contribution < -0.4 is 15.9 Å². The molecule has 15 heteroatoms. The van der Waals surface area contributed by atoms with Crippen LogP contribution in [-0.2, 0) is 35.6 Å². The van der Waals surface area contributed by atoms with Crippen LogP contribution in [0.15, 0.2) is 53.4 Å². The Balaban J connectivity index is 0.00000760. The molecule has 2 aromatic rings. The highest BCUT2D eigenvalue weighted by atomic mass is 35.5.